The monoisotopic (exact) mass is 338 g/mol. The Hall–Kier alpha value is -1.95. The quantitative estimate of drug-likeness (QED) is 0.861. The average molecular weight is 339 g/mol. The van der Waals surface area contributed by atoms with Crippen molar-refractivity contribution in [2.24, 2.45) is 11.8 Å². The lowest BCUT2D eigenvalue weighted by Gasteiger charge is -2.19. The molecule has 2 aliphatic rings. The fourth-order valence-corrected chi connectivity index (χ4v) is 3.50. The summed E-state index contributed by atoms with van der Waals surface area (Å²) in [6.45, 7) is -0.392. The van der Waals surface area contributed by atoms with Crippen molar-refractivity contribution >= 4 is 35.0 Å². The first-order valence-electron chi connectivity index (χ1n) is 7.58. The van der Waals surface area contributed by atoms with Crippen LogP contribution in [0.1, 0.15) is 25.7 Å². The van der Waals surface area contributed by atoms with Crippen LogP contribution in [0, 0.1) is 17.7 Å². The number of rotatable bonds is 3. The van der Waals surface area contributed by atoms with E-state index in [1.165, 1.54) is 18.2 Å². The molecule has 1 saturated carbocycles. The van der Waals surface area contributed by atoms with E-state index in [1.807, 2.05) is 0 Å². The van der Waals surface area contributed by atoms with Gasteiger partial charge in [-0.15, -0.1) is 0 Å². The predicted octanol–water partition coefficient (Wildman–Crippen LogP) is 2.59. The highest BCUT2D eigenvalue weighted by atomic mass is 35.5. The summed E-state index contributed by atoms with van der Waals surface area (Å²) in [4.78, 5) is 37.6. The minimum Gasteiger partial charge on any atom is -0.322 e. The van der Waals surface area contributed by atoms with Crippen LogP contribution in [0.3, 0.4) is 0 Å². The van der Waals surface area contributed by atoms with E-state index < -0.39 is 18.3 Å². The van der Waals surface area contributed by atoms with Crippen LogP contribution in [0.5, 0.6) is 0 Å². The molecule has 1 saturated heterocycles. The number of halogens is 2. The smallest absolute Gasteiger partial charge is 0.244 e. The Morgan fingerprint density at radius 2 is 1.83 bits per heavy atom. The fraction of sp³-hybridized carbons (Fsp3) is 0.438. The van der Waals surface area contributed by atoms with Crippen molar-refractivity contribution in [1.82, 2.24) is 4.90 Å². The lowest BCUT2D eigenvalue weighted by atomic mass is 9.81. The summed E-state index contributed by atoms with van der Waals surface area (Å²) < 4.78 is 13.8. The van der Waals surface area contributed by atoms with Crippen LogP contribution in [0.25, 0.3) is 0 Å². The molecule has 7 heteroatoms. The number of nitrogens with zero attached hydrogens (tertiary/aromatic N) is 1. The zero-order chi connectivity index (χ0) is 16.6. The molecule has 1 N–H and O–H groups in total. The molecule has 23 heavy (non-hydrogen) atoms. The molecule has 0 bridgehead atoms. The number of carbonyl (C=O) groups excluding carboxylic acids is 3. The van der Waals surface area contributed by atoms with Crippen LogP contribution < -0.4 is 5.32 Å². The first-order valence-corrected chi connectivity index (χ1v) is 7.96. The van der Waals surface area contributed by atoms with Gasteiger partial charge in [-0.2, -0.15) is 0 Å². The molecule has 1 aromatic carbocycles. The highest BCUT2D eigenvalue weighted by Gasteiger charge is 2.48. The summed E-state index contributed by atoms with van der Waals surface area (Å²) in [7, 11) is 0. The van der Waals surface area contributed by atoms with E-state index in [0.717, 1.165) is 17.7 Å². The fourth-order valence-electron chi connectivity index (χ4n) is 3.32. The standard InChI is InChI=1S/C16H16ClFN2O3/c17-11-6-3-7-12(14(11)18)19-13(21)8-20-15(22)9-4-1-2-5-10(9)16(20)23/h3,6-7,9-10H,1-2,4-5,8H2,(H,19,21). The van der Waals surface area contributed by atoms with Crippen molar-refractivity contribution in [3.63, 3.8) is 0 Å². The van der Waals surface area contributed by atoms with E-state index in [4.69, 9.17) is 11.6 Å². The third kappa shape index (κ3) is 2.95. The van der Waals surface area contributed by atoms with Gasteiger partial charge >= 0.3 is 0 Å². The van der Waals surface area contributed by atoms with Gasteiger partial charge in [0.1, 0.15) is 6.54 Å². The van der Waals surface area contributed by atoms with Crippen molar-refractivity contribution in [2.75, 3.05) is 11.9 Å². The van der Waals surface area contributed by atoms with E-state index in [1.54, 1.807) is 0 Å². The molecule has 1 aliphatic heterocycles. The first-order chi connectivity index (χ1) is 11.0. The molecule has 3 amide bonds. The Kier molecular flexibility index (Phi) is 4.35. The Bertz CT molecular complexity index is 655. The van der Waals surface area contributed by atoms with Gasteiger partial charge in [0.25, 0.3) is 0 Å². The van der Waals surface area contributed by atoms with Crippen LogP contribution >= 0.6 is 11.6 Å². The lowest BCUT2D eigenvalue weighted by molar-refractivity contribution is -0.142. The topological polar surface area (TPSA) is 66.5 Å². The third-order valence-electron chi connectivity index (χ3n) is 4.46. The lowest BCUT2D eigenvalue weighted by Crippen LogP contribution is -2.38. The normalized spacial score (nSPS) is 23.8. The highest BCUT2D eigenvalue weighted by molar-refractivity contribution is 6.31. The van der Waals surface area contributed by atoms with Crippen LogP contribution in [0.4, 0.5) is 10.1 Å². The number of nitrogens with one attached hydrogen (secondary N) is 1. The van der Waals surface area contributed by atoms with Crippen molar-refractivity contribution in [1.29, 1.82) is 0 Å². The number of hydrogen-bond acceptors (Lipinski definition) is 3. The van der Waals surface area contributed by atoms with E-state index in [9.17, 15) is 18.8 Å². The number of imide groups is 1. The molecular formula is C16H16ClFN2O3. The number of anilines is 1. The Labute approximate surface area is 137 Å². The molecule has 0 aromatic heterocycles. The second-order valence-corrected chi connectivity index (χ2v) is 6.32. The van der Waals surface area contributed by atoms with Gasteiger partial charge in [0, 0.05) is 0 Å². The van der Waals surface area contributed by atoms with Crippen LogP contribution in [-0.4, -0.2) is 29.2 Å². The molecule has 0 spiro atoms. The van der Waals surface area contributed by atoms with Gasteiger partial charge in [-0.3, -0.25) is 19.3 Å². The van der Waals surface area contributed by atoms with Gasteiger partial charge in [0.15, 0.2) is 5.82 Å². The predicted molar refractivity (Wildman–Crippen MR) is 82.2 cm³/mol. The molecular weight excluding hydrogens is 323 g/mol. The molecule has 2 atom stereocenters. The summed E-state index contributed by atoms with van der Waals surface area (Å²) in [6, 6.07) is 4.24. The molecule has 2 fully saturated rings. The zero-order valence-corrected chi connectivity index (χ0v) is 13.1. The Morgan fingerprint density at radius 3 is 2.43 bits per heavy atom. The second kappa shape index (κ2) is 6.28. The van der Waals surface area contributed by atoms with Crippen LogP contribution in [-0.2, 0) is 14.4 Å². The Morgan fingerprint density at radius 1 is 1.22 bits per heavy atom. The second-order valence-electron chi connectivity index (χ2n) is 5.91. The molecule has 3 rings (SSSR count). The molecule has 122 valence electrons. The van der Waals surface area contributed by atoms with Crippen LogP contribution in [0.2, 0.25) is 5.02 Å². The van der Waals surface area contributed by atoms with Gasteiger partial charge in [0.05, 0.1) is 22.5 Å². The summed E-state index contributed by atoms with van der Waals surface area (Å²) in [5.74, 6) is -2.54. The zero-order valence-electron chi connectivity index (χ0n) is 12.4. The summed E-state index contributed by atoms with van der Waals surface area (Å²) in [5.41, 5.74) is -0.0704. The summed E-state index contributed by atoms with van der Waals surface area (Å²) in [5, 5.41) is 2.25. The number of carbonyl (C=O) groups is 3. The number of likely N-dealkylation sites (tertiary alicyclic amines) is 1. The minimum absolute atomic E-state index is 0.0704. The Balaban J connectivity index is 1.69. The largest absolute Gasteiger partial charge is 0.322 e. The van der Waals surface area contributed by atoms with Gasteiger partial charge in [0.2, 0.25) is 17.7 Å². The van der Waals surface area contributed by atoms with Crippen molar-refractivity contribution in [3.8, 4) is 0 Å². The maximum Gasteiger partial charge on any atom is 0.244 e. The van der Waals surface area contributed by atoms with Crippen molar-refractivity contribution in [2.45, 2.75) is 25.7 Å². The van der Waals surface area contributed by atoms with Crippen LogP contribution in [0.15, 0.2) is 18.2 Å². The van der Waals surface area contributed by atoms with E-state index >= 15 is 0 Å². The number of amides is 3. The molecule has 2 unspecified atom stereocenters. The number of benzene rings is 1. The number of fused-ring (bicyclic) bond motifs is 1. The van der Waals surface area contributed by atoms with E-state index in [2.05, 4.69) is 5.32 Å². The van der Waals surface area contributed by atoms with E-state index in [-0.39, 0.29) is 34.4 Å². The molecule has 0 radical (unpaired) electrons. The molecule has 5 nitrogen and oxygen atoms in total. The van der Waals surface area contributed by atoms with Gasteiger partial charge in [-0.25, -0.2) is 4.39 Å². The van der Waals surface area contributed by atoms with Gasteiger partial charge in [-0.05, 0) is 25.0 Å². The highest BCUT2D eigenvalue weighted by Crippen LogP contribution is 2.37. The van der Waals surface area contributed by atoms with E-state index in [0.29, 0.717) is 12.8 Å². The van der Waals surface area contributed by atoms with Gasteiger partial charge < -0.3 is 5.32 Å². The average Bonchev–Trinajstić information content (AvgIpc) is 2.77. The summed E-state index contributed by atoms with van der Waals surface area (Å²) in [6.07, 6.45) is 3.23. The SMILES string of the molecule is O=C(CN1C(=O)C2CCCCC2C1=O)Nc1cccc(Cl)c1F. The third-order valence-corrected chi connectivity index (χ3v) is 4.75. The molecule has 1 aromatic rings. The number of hydrogen-bond donors (Lipinski definition) is 1. The molecule has 1 heterocycles. The molecule has 1 aliphatic carbocycles. The first kappa shape index (κ1) is 15.9. The van der Waals surface area contributed by atoms with Crippen molar-refractivity contribution < 1.29 is 18.8 Å². The van der Waals surface area contributed by atoms with Gasteiger partial charge in [-0.1, -0.05) is 30.5 Å². The van der Waals surface area contributed by atoms with Crippen molar-refractivity contribution in [3.05, 3.63) is 29.0 Å². The minimum atomic E-state index is -0.740. The maximum absolute atomic E-state index is 13.8. The maximum atomic E-state index is 13.8. The summed E-state index contributed by atoms with van der Waals surface area (Å²) >= 11 is 5.65.